The molecule has 0 radical (unpaired) electrons. The van der Waals surface area contributed by atoms with E-state index in [0.29, 0.717) is 5.39 Å². The van der Waals surface area contributed by atoms with Crippen LogP contribution < -0.4 is 0 Å². The predicted octanol–water partition coefficient (Wildman–Crippen LogP) is 2.03. The van der Waals surface area contributed by atoms with Crippen molar-refractivity contribution in [3.05, 3.63) is 28.4 Å². The quantitative estimate of drug-likeness (QED) is 0.848. The number of aromatic nitrogens is 2. The number of carbonyl (C=O) groups is 1. The molecule has 0 bridgehead atoms. The lowest BCUT2D eigenvalue weighted by atomic mass is 10.1. The van der Waals surface area contributed by atoms with Gasteiger partial charge in [0.05, 0.1) is 17.3 Å². The van der Waals surface area contributed by atoms with Crippen molar-refractivity contribution in [1.82, 2.24) is 9.78 Å². The molecule has 0 saturated heterocycles. The summed E-state index contributed by atoms with van der Waals surface area (Å²) in [7, 11) is 1.78. The van der Waals surface area contributed by atoms with E-state index in [0.717, 1.165) is 9.99 Å². The Morgan fingerprint density at radius 1 is 1.57 bits per heavy atom. The Balaban J connectivity index is 2.90. The minimum Gasteiger partial charge on any atom is -0.478 e. The third-order valence-corrected chi connectivity index (χ3v) is 2.72. The van der Waals surface area contributed by atoms with Crippen LogP contribution in [0.15, 0.2) is 22.8 Å². The van der Waals surface area contributed by atoms with E-state index in [4.69, 9.17) is 5.11 Å². The molecule has 0 fully saturated rings. The van der Waals surface area contributed by atoms with Crippen LogP contribution in [0.25, 0.3) is 10.9 Å². The molecule has 0 amide bonds. The number of nitrogens with zero attached hydrogens (tertiary/aromatic N) is 2. The summed E-state index contributed by atoms with van der Waals surface area (Å²) in [5, 5.41) is 13.6. The molecule has 0 unspecified atom stereocenters. The minimum absolute atomic E-state index is 0.274. The minimum atomic E-state index is -0.935. The first-order valence-corrected chi connectivity index (χ1v) is 4.74. The highest BCUT2D eigenvalue weighted by molar-refractivity contribution is 9.10. The molecule has 0 aliphatic carbocycles. The highest BCUT2D eigenvalue weighted by Gasteiger charge is 2.13. The van der Waals surface area contributed by atoms with Crippen molar-refractivity contribution in [3.63, 3.8) is 0 Å². The maximum Gasteiger partial charge on any atom is 0.336 e. The van der Waals surface area contributed by atoms with Crippen molar-refractivity contribution in [3.8, 4) is 0 Å². The smallest absolute Gasteiger partial charge is 0.336 e. The van der Waals surface area contributed by atoms with Crippen LogP contribution in [0.2, 0.25) is 0 Å². The van der Waals surface area contributed by atoms with Gasteiger partial charge in [0.2, 0.25) is 0 Å². The number of rotatable bonds is 1. The van der Waals surface area contributed by atoms with E-state index in [1.54, 1.807) is 30.1 Å². The second-order valence-electron chi connectivity index (χ2n) is 2.93. The van der Waals surface area contributed by atoms with Gasteiger partial charge in [0, 0.05) is 16.9 Å². The average molecular weight is 255 g/mol. The van der Waals surface area contributed by atoms with Crippen LogP contribution in [0, 0.1) is 0 Å². The lowest BCUT2D eigenvalue weighted by molar-refractivity contribution is 0.0699. The molecule has 0 saturated carbocycles. The number of fused-ring (bicyclic) bond motifs is 1. The van der Waals surface area contributed by atoms with Crippen LogP contribution in [0.1, 0.15) is 10.4 Å². The molecule has 1 aromatic heterocycles. The van der Waals surface area contributed by atoms with Crippen molar-refractivity contribution < 1.29 is 9.90 Å². The van der Waals surface area contributed by atoms with E-state index in [2.05, 4.69) is 21.0 Å². The molecule has 14 heavy (non-hydrogen) atoms. The molecule has 1 heterocycles. The highest BCUT2D eigenvalue weighted by Crippen LogP contribution is 2.26. The van der Waals surface area contributed by atoms with E-state index in [9.17, 15) is 4.79 Å². The average Bonchev–Trinajstić information content (AvgIpc) is 2.49. The number of carboxylic acid groups (broad SMARTS) is 1. The Morgan fingerprint density at radius 2 is 2.29 bits per heavy atom. The second-order valence-corrected chi connectivity index (χ2v) is 3.78. The number of benzene rings is 1. The molecule has 0 spiro atoms. The fourth-order valence-corrected chi connectivity index (χ4v) is 2.03. The van der Waals surface area contributed by atoms with Gasteiger partial charge in [-0.3, -0.25) is 4.68 Å². The molecule has 2 rings (SSSR count). The van der Waals surface area contributed by atoms with E-state index < -0.39 is 5.97 Å². The van der Waals surface area contributed by atoms with Crippen molar-refractivity contribution >= 4 is 32.8 Å². The van der Waals surface area contributed by atoms with Gasteiger partial charge < -0.3 is 5.11 Å². The summed E-state index contributed by atoms with van der Waals surface area (Å²) in [6, 6.07) is 3.28. The summed E-state index contributed by atoms with van der Waals surface area (Å²) in [5.41, 5.74) is 1.07. The molecular weight excluding hydrogens is 248 g/mol. The molecule has 2 aromatic rings. The van der Waals surface area contributed by atoms with Crippen LogP contribution in [0.3, 0.4) is 0 Å². The molecule has 72 valence electrons. The summed E-state index contributed by atoms with van der Waals surface area (Å²) < 4.78 is 2.49. The van der Waals surface area contributed by atoms with Gasteiger partial charge >= 0.3 is 5.97 Å². The Kier molecular flexibility index (Phi) is 2.03. The molecule has 5 heteroatoms. The zero-order valence-corrected chi connectivity index (χ0v) is 8.95. The fourth-order valence-electron chi connectivity index (χ4n) is 1.43. The maximum absolute atomic E-state index is 10.9. The van der Waals surface area contributed by atoms with Gasteiger partial charge in [-0.05, 0) is 28.1 Å². The standard InChI is InChI=1S/C9H7BrN2O2/c1-12-8-6(4-11-12)5(9(13)14)2-3-7(8)10/h2-4H,1H3,(H,13,14). The van der Waals surface area contributed by atoms with Gasteiger partial charge in [0.1, 0.15) is 0 Å². The zero-order valence-electron chi connectivity index (χ0n) is 7.36. The summed E-state index contributed by atoms with van der Waals surface area (Å²) in [6.45, 7) is 0. The van der Waals surface area contributed by atoms with Crippen LogP contribution in [0.4, 0.5) is 0 Å². The predicted molar refractivity (Wildman–Crippen MR) is 55.4 cm³/mol. The van der Waals surface area contributed by atoms with Crippen molar-refractivity contribution in [2.45, 2.75) is 0 Å². The molecular formula is C9H7BrN2O2. The first-order chi connectivity index (χ1) is 6.61. The van der Waals surface area contributed by atoms with Gasteiger partial charge in [0.25, 0.3) is 0 Å². The van der Waals surface area contributed by atoms with Gasteiger partial charge in [-0.2, -0.15) is 5.10 Å². The van der Waals surface area contributed by atoms with Crippen LogP contribution in [0.5, 0.6) is 0 Å². The van der Waals surface area contributed by atoms with E-state index >= 15 is 0 Å². The van der Waals surface area contributed by atoms with Crippen molar-refractivity contribution in [2.24, 2.45) is 7.05 Å². The number of carboxylic acids is 1. The summed E-state index contributed by atoms with van der Waals surface area (Å²) >= 11 is 3.36. The molecule has 0 aliphatic rings. The monoisotopic (exact) mass is 254 g/mol. The highest BCUT2D eigenvalue weighted by atomic mass is 79.9. The van der Waals surface area contributed by atoms with E-state index in [1.807, 2.05) is 0 Å². The van der Waals surface area contributed by atoms with E-state index in [1.165, 1.54) is 0 Å². The van der Waals surface area contributed by atoms with Crippen molar-refractivity contribution in [1.29, 1.82) is 0 Å². The Hall–Kier alpha value is -1.36. The number of aryl methyl sites for hydroxylation is 1. The Bertz CT molecular complexity index is 519. The lowest BCUT2D eigenvalue weighted by Crippen LogP contribution is -1.97. The van der Waals surface area contributed by atoms with E-state index in [-0.39, 0.29) is 5.56 Å². The number of aromatic carboxylic acids is 1. The first kappa shape index (κ1) is 9.21. The molecule has 1 N–H and O–H groups in total. The van der Waals surface area contributed by atoms with Gasteiger partial charge in [-0.1, -0.05) is 0 Å². The van der Waals surface area contributed by atoms with Gasteiger partial charge in [-0.25, -0.2) is 4.79 Å². The normalized spacial score (nSPS) is 10.7. The maximum atomic E-state index is 10.9. The summed E-state index contributed by atoms with van der Waals surface area (Å²) in [4.78, 5) is 10.9. The largest absolute Gasteiger partial charge is 0.478 e. The number of halogens is 1. The molecule has 0 aliphatic heterocycles. The van der Waals surface area contributed by atoms with Crippen LogP contribution >= 0.6 is 15.9 Å². The van der Waals surface area contributed by atoms with Gasteiger partial charge in [0.15, 0.2) is 0 Å². The third-order valence-electron chi connectivity index (χ3n) is 2.08. The van der Waals surface area contributed by atoms with Crippen molar-refractivity contribution in [2.75, 3.05) is 0 Å². The second kappa shape index (κ2) is 3.09. The number of hydrogen-bond acceptors (Lipinski definition) is 2. The molecule has 4 nitrogen and oxygen atoms in total. The fraction of sp³-hybridized carbons (Fsp3) is 0.111. The summed E-state index contributed by atoms with van der Waals surface area (Å²) in [5.74, 6) is -0.935. The van der Waals surface area contributed by atoms with Gasteiger partial charge in [-0.15, -0.1) is 0 Å². The number of hydrogen-bond donors (Lipinski definition) is 1. The Labute approximate surface area is 88.3 Å². The Morgan fingerprint density at radius 3 is 2.93 bits per heavy atom. The lowest BCUT2D eigenvalue weighted by Gasteiger charge is -2.00. The van der Waals surface area contributed by atoms with Crippen LogP contribution in [-0.4, -0.2) is 20.9 Å². The third kappa shape index (κ3) is 1.21. The van der Waals surface area contributed by atoms with Crippen LogP contribution in [-0.2, 0) is 7.05 Å². The summed E-state index contributed by atoms with van der Waals surface area (Å²) in [6.07, 6.45) is 1.56. The topological polar surface area (TPSA) is 55.1 Å². The molecule has 0 atom stereocenters. The SMILES string of the molecule is Cn1ncc2c(C(=O)O)ccc(Br)c21. The molecule has 1 aromatic carbocycles. The first-order valence-electron chi connectivity index (χ1n) is 3.95. The zero-order chi connectivity index (χ0) is 10.3.